The lowest BCUT2D eigenvalue weighted by Gasteiger charge is -2.13. The van der Waals surface area contributed by atoms with Gasteiger partial charge in [0.1, 0.15) is 11.2 Å². The first-order valence-electron chi connectivity index (χ1n) is 10.1. The standard InChI is InChI=1S/C25H19N5O2/c26-20-8-1-6-18(14-20)19-7-2-9-21(15-19)30-24-22(10-3-11-27-24)28-23(25(30)31)13-17-5-4-12-29(32)16-17/h1-12,14-16H,13,26H2. The lowest BCUT2D eigenvalue weighted by molar-refractivity contribution is -0.605. The second-order valence-electron chi connectivity index (χ2n) is 7.47. The Balaban J connectivity index is 1.69. The fraction of sp³-hybridized carbons (Fsp3) is 0.0400. The van der Waals surface area contributed by atoms with Crippen LogP contribution in [0.2, 0.25) is 0 Å². The molecular weight excluding hydrogens is 402 g/mol. The van der Waals surface area contributed by atoms with Crippen molar-refractivity contribution in [3.63, 3.8) is 0 Å². The van der Waals surface area contributed by atoms with Crippen molar-refractivity contribution in [2.45, 2.75) is 6.42 Å². The summed E-state index contributed by atoms with van der Waals surface area (Å²) in [6.45, 7) is 0. The summed E-state index contributed by atoms with van der Waals surface area (Å²) in [5.74, 6) is 0. The second kappa shape index (κ2) is 7.96. The minimum absolute atomic E-state index is 0.238. The number of nitrogens with zero attached hydrogens (tertiary/aromatic N) is 4. The molecule has 0 unspecified atom stereocenters. The van der Waals surface area contributed by atoms with Crippen LogP contribution in [-0.2, 0) is 6.42 Å². The SMILES string of the molecule is Nc1cccc(-c2cccc(-n3c(=O)c(Cc4ccc[n+]([O-])c4)nc4cccnc43)c2)c1. The molecule has 3 heterocycles. The number of nitrogen functional groups attached to an aromatic ring is 1. The number of pyridine rings is 2. The number of hydrogen-bond acceptors (Lipinski definition) is 5. The van der Waals surface area contributed by atoms with Crippen LogP contribution in [0.15, 0.2) is 96.2 Å². The van der Waals surface area contributed by atoms with Gasteiger partial charge in [0.2, 0.25) is 0 Å². The zero-order chi connectivity index (χ0) is 22.1. The molecule has 2 aromatic carbocycles. The summed E-state index contributed by atoms with van der Waals surface area (Å²) in [5, 5.41) is 11.7. The molecule has 0 aliphatic rings. The predicted octanol–water partition coefficient (Wildman–Crippen LogP) is 3.25. The topological polar surface area (TPSA) is 101 Å². The molecule has 2 N–H and O–H groups in total. The summed E-state index contributed by atoms with van der Waals surface area (Å²) in [7, 11) is 0. The highest BCUT2D eigenvalue weighted by Gasteiger charge is 2.15. The number of anilines is 1. The monoisotopic (exact) mass is 421 g/mol. The maximum atomic E-state index is 13.5. The largest absolute Gasteiger partial charge is 0.619 e. The summed E-state index contributed by atoms with van der Waals surface area (Å²) in [6.07, 6.45) is 4.72. The van der Waals surface area contributed by atoms with E-state index < -0.39 is 0 Å². The van der Waals surface area contributed by atoms with Crippen molar-refractivity contribution in [3.05, 3.63) is 118 Å². The van der Waals surface area contributed by atoms with Crippen molar-refractivity contribution in [1.82, 2.24) is 14.5 Å². The van der Waals surface area contributed by atoms with Gasteiger partial charge in [-0.2, -0.15) is 4.73 Å². The van der Waals surface area contributed by atoms with Gasteiger partial charge in [-0.15, -0.1) is 0 Å². The molecule has 7 heteroatoms. The molecule has 0 atom stereocenters. The maximum Gasteiger partial charge on any atom is 0.278 e. The molecule has 0 radical (unpaired) electrons. The van der Waals surface area contributed by atoms with Gasteiger partial charge in [-0.3, -0.25) is 9.36 Å². The average molecular weight is 421 g/mol. The van der Waals surface area contributed by atoms with E-state index in [0.29, 0.717) is 38.5 Å². The fourth-order valence-electron chi connectivity index (χ4n) is 3.76. The van der Waals surface area contributed by atoms with Gasteiger partial charge in [0.25, 0.3) is 5.56 Å². The Morgan fingerprint density at radius 1 is 0.969 bits per heavy atom. The van der Waals surface area contributed by atoms with Crippen LogP contribution in [0.25, 0.3) is 28.0 Å². The number of nitrogens with two attached hydrogens (primary N) is 1. The molecule has 0 bridgehead atoms. The molecule has 7 nitrogen and oxygen atoms in total. The summed E-state index contributed by atoms with van der Waals surface area (Å²) in [5.41, 5.74) is 11.0. The lowest BCUT2D eigenvalue weighted by atomic mass is 10.0. The Kier molecular flexibility index (Phi) is 4.84. The van der Waals surface area contributed by atoms with Gasteiger partial charge < -0.3 is 10.9 Å². The highest BCUT2D eigenvalue weighted by atomic mass is 16.5. The molecule has 3 aromatic heterocycles. The Bertz CT molecular complexity index is 1510. The third kappa shape index (κ3) is 3.67. The zero-order valence-electron chi connectivity index (χ0n) is 17.1. The number of benzene rings is 2. The molecule has 5 aromatic rings. The van der Waals surface area contributed by atoms with Crippen molar-refractivity contribution in [3.8, 4) is 16.8 Å². The number of aromatic nitrogens is 4. The van der Waals surface area contributed by atoms with Gasteiger partial charge in [-0.1, -0.05) is 24.3 Å². The Morgan fingerprint density at radius 3 is 2.59 bits per heavy atom. The van der Waals surface area contributed by atoms with Crippen LogP contribution in [0.4, 0.5) is 5.69 Å². The van der Waals surface area contributed by atoms with Gasteiger partial charge in [0.05, 0.1) is 5.69 Å². The van der Waals surface area contributed by atoms with E-state index in [1.165, 1.54) is 12.4 Å². The van der Waals surface area contributed by atoms with Crippen molar-refractivity contribution in [1.29, 1.82) is 0 Å². The lowest BCUT2D eigenvalue weighted by Crippen LogP contribution is -2.27. The Hall–Kier alpha value is -4.52. The summed E-state index contributed by atoms with van der Waals surface area (Å²) < 4.78 is 2.28. The Labute approximate surface area is 183 Å². The van der Waals surface area contributed by atoms with E-state index in [9.17, 15) is 10.0 Å². The Morgan fingerprint density at radius 2 is 1.78 bits per heavy atom. The quantitative estimate of drug-likeness (QED) is 0.273. The normalized spacial score (nSPS) is 11.0. The highest BCUT2D eigenvalue weighted by Crippen LogP contribution is 2.24. The van der Waals surface area contributed by atoms with Crippen LogP contribution < -0.4 is 16.0 Å². The van der Waals surface area contributed by atoms with Crippen LogP contribution in [0.1, 0.15) is 11.3 Å². The van der Waals surface area contributed by atoms with E-state index in [1.54, 1.807) is 29.0 Å². The highest BCUT2D eigenvalue weighted by molar-refractivity contribution is 5.74. The summed E-state index contributed by atoms with van der Waals surface area (Å²) >= 11 is 0. The molecule has 0 aliphatic heterocycles. The van der Waals surface area contributed by atoms with Gasteiger partial charge in [-0.05, 0) is 53.6 Å². The van der Waals surface area contributed by atoms with Crippen LogP contribution in [0, 0.1) is 5.21 Å². The minimum Gasteiger partial charge on any atom is -0.619 e. The van der Waals surface area contributed by atoms with E-state index in [0.717, 1.165) is 11.1 Å². The summed E-state index contributed by atoms with van der Waals surface area (Å²) in [4.78, 5) is 22.5. The zero-order valence-corrected chi connectivity index (χ0v) is 17.1. The molecule has 0 saturated carbocycles. The number of rotatable bonds is 4. The molecule has 0 amide bonds. The van der Waals surface area contributed by atoms with E-state index in [4.69, 9.17) is 5.73 Å². The van der Waals surface area contributed by atoms with Crippen LogP contribution in [0.3, 0.4) is 0 Å². The van der Waals surface area contributed by atoms with Crippen molar-refractivity contribution < 1.29 is 4.73 Å². The number of fused-ring (bicyclic) bond motifs is 1. The van der Waals surface area contributed by atoms with E-state index in [2.05, 4.69) is 9.97 Å². The van der Waals surface area contributed by atoms with E-state index in [-0.39, 0.29) is 12.0 Å². The smallest absolute Gasteiger partial charge is 0.278 e. The van der Waals surface area contributed by atoms with Crippen molar-refractivity contribution in [2.75, 3.05) is 5.73 Å². The molecule has 0 saturated heterocycles. The average Bonchev–Trinajstić information content (AvgIpc) is 2.80. The fourth-order valence-corrected chi connectivity index (χ4v) is 3.76. The van der Waals surface area contributed by atoms with Gasteiger partial charge in [0.15, 0.2) is 18.0 Å². The molecule has 5 rings (SSSR count). The predicted molar refractivity (Wildman–Crippen MR) is 123 cm³/mol. The third-order valence-electron chi connectivity index (χ3n) is 5.22. The summed E-state index contributed by atoms with van der Waals surface area (Å²) in [6, 6.07) is 22.3. The third-order valence-corrected chi connectivity index (χ3v) is 5.22. The molecule has 32 heavy (non-hydrogen) atoms. The molecule has 0 fully saturated rings. The first kappa shape index (κ1) is 19.4. The minimum atomic E-state index is -0.276. The molecule has 156 valence electrons. The van der Waals surface area contributed by atoms with Gasteiger partial charge >= 0.3 is 0 Å². The van der Waals surface area contributed by atoms with Crippen LogP contribution in [-0.4, -0.2) is 14.5 Å². The van der Waals surface area contributed by atoms with Crippen LogP contribution >= 0.6 is 0 Å². The van der Waals surface area contributed by atoms with E-state index >= 15 is 0 Å². The molecular formula is C25H19N5O2. The van der Waals surface area contributed by atoms with Crippen molar-refractivity contribution in [2.24, 2.45) is 0 Å². The molecule has 0 aliphatic carbocycles. The van der Waals surface area contributed by atoms with Gasteiger partial charge in [-0.25, -0.2) is 9.97 Å². The second-order valence-corrected chi connectivity index (χ2v) is 7.47. The van der Waals surface area contributed by atoms with E-state index in [1.807, 2.05) is 54.6 Å². The first-order valence-corrected chi connectivity index (χ1v) is 10.1. The van der Waals surface area contributed by atoms with Crippen LogP contribution in [0.5, 0.6) is 0 Å². The van der Waals surface area contributed by atoms with Crippen molar-refractivity contribution >= 4 is 16.9 Å². The van der Waals surface area contributed by atoms with Gasteiger partial charge in [0, 0.05) is 29.9 Å². The molecule has 0 spiro atoms. The maximum absolute atomic E-state index is 13.5. The first-order chi connectivity index (χ1) is 15.6. The number of hydrogen-bond donors (Lipinski definition) is 1.